The molecule has 2 rings (SSSR count). The van der Waals surface area contributed by atoms with Gasteiger partial charge in [-0.3, -0.25) is 10.1 Å². The summed E-state index contributed by atoms with van der Waals surface area (Å²) in [6.45, 7) is 4.13. The minimum Gasteiger partial charge on any atom is -0.494 e. The molecule has 0 spiro atoms. The van der Waals surface area contributed by atoms with E-state index in [0.29, 0.717) is 12.4 Å². The van der Waals surface area contributed by atoms with Crippen LogP contribution in [0.5, 0.6) is 5.75 Å². The minimum atomic E-state index is -3.87. The van der Waals surface area contributed by atoms with E-state index >= 15 is 0 Å². The average Bonchev–Trinajstić information content (AvgIpc) is 2.55. The van der Waals surface area contributed by atoms with Crippen molar-refractivity contribution in [3.63, 3.8) is 0 Å². The number of nitro benzene ring substituents is 1. The molecule has 0 aromatic heterocycles. The minimum absolute atomic E-state index is 0.144. The third kappa shape index (κ3) is 4.30. The van der Waals surface area contributed by atoms with Gasteiger partial charge in [0.15, 0.2) is 0 Å². The lowest BCUT2D eigenvalue weighted by Gasteiger charge is -2.15. The van der Waals surface area contributed by atoms with Crippen LogP contribution in [-0.2, 0) is 10.0 Å². The predicted octanol–water partition coefficient (Wildman–Crippen LogP) is 3.03. The lowest BCUT2D eigenvalue weighted by Crippen LogP contribution is -2.26. The Balaban J connectivity index is 2.18. The highest BCUT2D eigenvalue weighted by atomic mass is 32.2. The summed E-state index contributed by atoms with van der Waals surface area (Å²) in [5.41, 5.74) is 0.485. The molecule has 24 heavy (non-hydrogen) atoms. The van der Waals surface area contributed by atoms with Crippen LogP contribution in [-0.4, -0.2) is 19.9 Å². The van der Waals surface area contributed by atoms with Gasteiger partial charge in [0.2, 0.25) is 10.0 Å². The smallest absolute Gasteiger partial charge is 0.270 e. The summed E-state index contributed by atoms with van der Waals surface area (Å²) in [4.78, 5) is 10.0. The van der Waals surface area contributed by atoms with Gasteiger partial charge >= 0.3 is 0 Å². The van der Waals surface area contributed by atoms with Crippen molar-refractivity contribution in [2.24, 2.45) is 0 Å². The number of rotatable bonds is 7. The second kappa shape index (κ2) is 7.41. The Hall–Kier alpha value is -2.45. The van der Waals surface area contributed by atoms with E-state index in [1.807, 2.05) is 6.92 Å². The van der Waals surface area contributed by atoms with E-state index in [-0.39, 0.29) is 10.6 Å². The molecular formula is C16H18N2O5S. The SMILES string of the molecule is CCOc1ccc([C@H](C)NS(=O)(=O)c2cccc([N+](=O)[O-])c2)cc1. The van der Waals surface area contributed by atoms with Gasteiger partial charge in [0.1, 0.15) is 5.75 Å². The zero-order valence-corrected chi connectivity index (χ0v) is 14.1. The summed E-state index contributed by atoms with van der Waals surface area (Å²) in [5.74, 6) is 0.704. The topological polar surface area (TPSA) is 98.5 Å². The summed E-state index contributed by atoms with van der Waals surface area (Å²) >= 11 is 0. The molecule has 0 heterocycles. The fraction of sp³-hybridized carbons (Fsp3) is 0.250. The van der Waals surface area contributed by atoms with E-state index in [9.17, 15) is 18.5 Å². The first-order valence-electron chi connectivity index (χ1n) is 7.33. The number of hydrogen-bond acceptors (Lipinski definition) is 5. The molecule has 0 saturated carbocycles. The van der Waals surface area contributed by atoms with Gasteiger partial charge in [-0.05, 0) is 37.6 Å². The number of benzene rings is 2. The maximum atomic E-state index is 12.4. The van der Waals surface area contributed by atoms with Gasteiger partial charge in [0, 0.05) is 18.2 Å². The highest BCUT2D eigenvalue weighted by molar-refractivity contribution is 7.89. The Morgan fingerprint density at radius 1 is 1.21 bits per heavy atom. The molecule has 8 heteroatoms. The van der Waals surface area contributed by atoms with Crippen molar-refractivity contribution >= 4 is 15.7 Å². The molecular weight excluding hydrogens is 332 g/mol. The van der Waals surface area contributed by atoms with Crippen molar-refractivity contribution in [1.82, 2.24) is 4.72 Å². The first-order chi connectivity index (χ1) is 11.3. The van der Waals surface area contributed by atoms with Crippen LogP contribution in [0.3, 0.4) is 0 Å². The van der Waals surface area contributed by atoms with E-state index in [0.717, 1.165) is 11.6 Å². The monoisotopic (exact) mass is 350 g/mol. The number of sulfonamides is 1. The van der Waals surface area contributed by atoms with Crippen LogP contribution in [0.4, 0.5) is 5.69 Å². The molecule has 128 valence electrons. The number of nitrogens with zero attached hydrogens (tertiary/aromatic N) is 1. The summed E-state index contributed by atoms with van der Waals surface area (Å²) < 4.78 is 32.7. The van der Waals surface area contributed by atoms with Gasteiger partial charge in [-0.25, -0.2) is 13.1 Å². The highest BCUT2D eigenvalue weighted by Crippen LogP contribution is 2.22. The largest absolute Gasteiger partial charge is 0.494 e. The molecule has 0 unspecified atom stereocenters. The molecule has 0 saturated heterocycles. The Morgan fingerprint density at radius 3 is 2.46 bits per heavy atom. The fourth-order valence-electron chi connectivity index (χ4n) is 2.15. The van der Waals surface area contributed by atoms with E-state index in [1.54, 1.807) is 31.2 Å². The molecule has 0 aliphatic rings. The van der Waals surface area contributed by atoms with Crippen molar-refractivity contribution in [1.29, 1.82) is 0 Å². The van der Waals surface area contributed by atoms with Crippen molar-refractivity contribution in [3.8, 4) is 5.75 Å². The third-order valence-corrected chi connectivity index (χ3v) is 4.90. The summed E-state index contributed by atoms with van der Waals surface area (Å²) in [6, 6.07) is 11.5. The van der Waals surface area contributed by atoms with Gasteiger partial charge in [0.05, 0.1) is 16.4 Å². The summed E-state index contributed by atoms with van der Waals surface area (Å²) in [7, 11) is -3.87. The molecule has 0 bridgehead atoms. The fourth-order valence-corrected chi connectivity index (χ4v) is 3.42. The van der Waals surface area contributed by atoms with Gasteiger partial charge in [0.25, 0.3) is 5.69 Å². The lowest BCUT2D eigenvalue weighted by molar-refractivity contribution is -0.385. The molecule has 0 aliphatic carbocycles. The number of hydrogen-bond donors (Lipinski definition) is 1. The Labute approximate surface area is 140 Å². The first kappa shape index (κ1) is 17.9. The number of nitrogens with one attached hydrogen (secondary N) is 1. The first-order valence-corrected chi connectivity index (χ1v) is 8.81. The van der Waals surface area contributed by atoms with Gasteiger partial charge in [-0.15, -0.1) is 0 Å². The number of nitro groups is 1. The maximum absolute atomic E-state index is 12.4. The molecule has 1 N–H and O–H groups in total. The molecule has 7 nitrogen and oxygen atoms in total. The van der Waals surface area contributed by atoms with Gasteiger partial charge in [-0.1, -0.05) is 18.2 Å². The van der Waals surface area contributed by atoms with Gasteiger partial charge < -0.3 is 4.74 Å². The van der Waals surface area contributed by atoms with E-state index in [2.05, 4.69) is 4.72 Å². The molecule has 0 amide bonds. The quantitative estimate of drug-likeness (QED) is 0.611. The summed E-state index contributed by atoms with van der Waals surface area (Å²) in [6.07, 6.45) is 0. The Bertz CT molecular complexity index is 819. The molecule has 2 aromatic rings. The molecule has 0 radical (unpaired) electrons. The number of non-ortho nitro benzene ring substituents is 1. The predicted molar refractivity (Wildman–Crippen MR) is 89.4 cm³/mol. The molecule has 2 aromatic carbocycles. The van der Waals surface area contributed by atoms with Gasteiger partial charge in [-0.2, -0.15) is 0 Å². The van der Waals surface area contributed by atoms with Crippen LogP contribution < -0.4 is 9.46 Å². The molecule has 0 fully saturated rings. The summed E-state index contributed by atoms with van der Waals surface area (Å²) in [5, 5.41) is 10.8. The third-order valence-electron chi connectivity index (χ3n) is 3.36. The highest BCUT2D eigenvalue weighted by Gasteiger charge is 2.20. The maximum Gasteiger partial charge on any atom is 0.270 e. The zero-order valence-electron chi connectivity index (χ0n) is 13.3. The molecule has 0 aliphatic heterocycles. The normalized spacial score (nSPS) is 12.6. The molecule has 1 atom stereocenters. The second-order valence-electron chi connectivity index (χ2n) is 5.10. The second-order valence-corrected chi connectivity index (χ2v) is 6.81. The van der Waals surface area contributed by atoms with Crippen LogP contribution in [0.1, 0.15) is 25.5 Å². The van der Waals surface area contributed by atoms with Crippen LogP contribution >= 0.6 is 0 Å². The van der Waals surface area contributed by atoms with Crippen LogP contribution in [0.2, 0.25) is 0 Å². The number of ether oxygens (including phenoxy) is 1. The van der Waals surface area contributed by atoms with Crippen molar-refractivity contribution in [3.05, 3.63) is 64.2 Å². The lowest BCUT2D eigenvalue weighted by atomic mass is 10.1. The zero-order chi connectivity index (χ0) is 17.7. The van der Waals surface area contributed by atoms with E-state index < -0.39 is 21.0 Å². The van der Waals surface area contributed by atoms with Crippen LogP contribution in [0.25, 0.3) is 0 Å². The Morgan fingerprint density at radius 2 is 1.88 bits per heavy atom. The average molecular weight is 350 g/mol. The van der Waals surface area contributed by atoms with Crippen molar-refractivity contribution in [2.75, 3.05) is 6.61 Å². The van der Waals surface area contributed by atoms with Crippen molar-refractivity contribution in [2.45, 2.75) is 24.8 Å². The van der Waals surface area contributed by atoms with Crippen LogP contribution in [0.15, 0.2) is 53.4 Å². The Kier molecular flexibility index (Phi) is 5.53. The van der Waals surface area contributed by atoms with E-state index in [4.69, 9.17) is 4.74 Å². The standard InChI is InChI=1S/C16H18N2O5S/c1-3-23-15-9-7-13(8-10-15)12(2)17-24(21,22)16-6-4-5-14(11-16)18(19)20/h4-12,17H,3H2,1-2H3/t12-/m0/s1. The van der Waals surface area contributed by atoms with Crippen molar-refractivity contribution < 1.29 is 18.1 Å². The van der Waals surface area contributed by atoms with E-state index in [1.165, 1.54) is 18.2 Å². The van der Waals surface area contributed by atoms with Crippen LogP contribution in [0, 0.1) is 10.1 Å².